The molecule has 6 heteroatoms. The molecular weight excluding hydrogens is 285 g/mol. The summed E-state index contributed by atoms with van der Waals surface area (Å²) in [5.74, 6) is 0.761. The van der Waals surface area contributed by atoms with Gasteiger partial charge in [0, 0.05) is 0 Å². The molecule has 0 bridgehead atoms. The Morgan fingerprint density at radius 2 is 1.63 bits per heavy atom. The van der Waals surface area contributed by atoms with Crippen LogP contribution in [0.25, 0.3) is 0 Å². The van der Waals surface area contributed by atoms with Gasteiger partial charge in [0.1, 0.15) is 5.75 Å². The SMILES string of the molecule is CC(C)(C)c1ccc(Oc2nc(Cl)nnc2Cl)cc1. The van der Waals surface area contributed by atoms with Gasteiger partial charge in [0.15, 0.2) is 0 Å². The van der Waals surface area contributed by atoms with Gasteiger partial charge in [-0.2, -0.15) is 4.98 Å². The summed E-state index contributed by atoms with van der Waals surface area (Å²) in [6.07, 6.45) is 0. The van der Waals surface area contributed by atoms with E-state index in [0.29, 0.717) is 5.75 Å². The van der Waals surface area contributed by atoms with Gasteiger partial charge in [0.05, 0.1) is 0 Å². The average Bonchev–Trinajstić information content (AvgIpc) is 2.33. The lowest BCUT2D eigenvalue weighted by molar-refractivity contribution is 0.456. The second kappa shape index (κ2) is 5.31. The van der Waals surface area contributed by atoms with Crippen molar-refractivity contribution in [2.24, 2.45) is 0 Å². The molecule has 0 radical (unpaired) electrons. The third-order valence-electron chi connectivity index (χ3n) is 2.53. The Hall–Kier alpha value is -1.39. The van der Waals surface area contributed by atoms with E-state index in [-0.39, 0.29) is 21.7 Å². The Morgan fingerprint density at radius 1 is 1.00 bits per heavy atom. The number of nitrogens with zero attached hydrogens (tertiary/aromatic N) is 3. The fourth-order valence-electron chi connectivity index (χ4n) is 1.48. The maximum absolute atomic E-state index is 5.83. The number of benzene rings is 1. The van der Waals surface area contributed by atoms with Crippen molar-refractivity contribution < 1.29 is 4.74 Å². The normalized spacial score (nSPS) is 11.4. The highest BCUT2D eigenvalue weighted by molar-refractivity contribution is 6.31. The Balaban J connectivity index is 2.22. The lowest BCUT2D eigenvalue weighted by Crippen LogP contribution is -2.10. The molecule has 1 heterocycles. The van der Waals surface area contributed by atoms with Gasteiger partial charge >= 0.3 is 0 Å². The van der Waals surface area contributed by atoms with E-state index in [1.807, 2.05) is 24.3 Å². The molecule has 1 aromatic heterocycles. The van der Waals surface area contributed by atoms with E-state index in [1.165, 1.54) is 5.56 Å². The Kier molecular flexibility index (Phi) is 3.92. The lowest BCUT2D eigenvalue weighted by atomic mass is 9.87. The summed E-state index contributed by atoms with van der Waals surface area (Å²) in [6, 6.07) is 7.71. The highest BCUT2D eigenvalue weighted by atomic mass is 35.5. The number of hydrogen-bond acceptors (Lipinski definition) is 4. The highest BCUT2D eigenvalue weighted by Crippen LogP contribution is 2.28. The van der Waals surface area contributed by atoms with Crippen LogP contribution in [0.3, 0.4) is 0 Å². The van der Waals surface area contributed by atoms with E-state index >= 15 is 0 Å². The van der Waals surface area contributed by atoms with Crippen molar-refractivity contribution in [2.45, 2.75) is 26.2 Å². The first-order chi connectivity index (χ1) is 8.86. The number of halogens is 2. The second-order valence-electron chi connectivity index (χ2n) is 5.05. The zero-order valence-corrected chi connectivity index (χ0v) is 12.3. The first-order valence-electron chi connectivity index (χ1n) is 5.70. The van der Waals surface area contributed by atoms with Gasteiger partial charge in [-0.15, -0.1) is 10.2 Å². The average molecular weight is 298 g/mol. The molecular formula is C13H13Cl2N3O. The maximum Gasteiger partial charge on any atom is 0.262 e. The first-order valence-corrected chi connectivity index (χ1v) is 6.46. The van der Waals surface area contributed by atoms with Crippen LogP contribution in [0.15, 0.2) is 24.3 Å². The van der Waals surface area contributed by atoms with Crippen molar-refractivity contribution in [1.82, 2.24) is 15.2 Å². The number of hydrogen-bond donors (Lipinski definition) is 0. The monoisotopic (exact) mass is 297 g/mol. The van der Waals surface area contributed by atoms with Crippen LogP contribution in [0.5, 0.6) is 11.6 Å². The largest absolute Gasteiger partial charge is 0.436 e. The number of aromatic nitrogens is 3. The van der Waals surface area contributed by atoms with Crippen molar-refractivity contribution in [3.8, 4) is 11.6 Å². The van der Waals surface area contributed by atoms with Gasteiger partial charge in [0.2, 0.25) is 10.4 Å². The molecule has 0 saturated carbocycles. The fourth-order valence-corrected chi connectivity index (χ4v) is 1.71. The predicted molar refractivity (Wildman–Crippen MR) is 75.1 cm³/mol. The van der Waals surface area contributed by atoms with Crippen molar-refractivity contribution in [3.63, 3.8) is 0 Å². The predicted octanol–water partition coefficient (Wildman–Crippen LogP) is 4.27. The second-order valence-corrected chi connectivity index (χ2v) is 5.75. The van der Waals surface area contributed by atoms with E-state index in [4.69, 9.17) is 27.9 Å². The Labute approximate surface area is 121 Å². The molecule has 0 fully saturated rings. The van der Waals surface area contributed by atoms with E-state index in [1.54, 1.807) is 0 Å². The van der Waals surface area contributed by atoms with E-state index in [0.717, 1.165) is 0 Å². The third kappa shape index (κ3) is 3.55. The van der Waals surface area contributed by atoms with Gasteiger partial charge in [-0.1, -0.05) is 44.5 Å². The maximum atomic E-state index is 5.83. The van der Waals surface area contributed by atoms with Crippen LogP contribution < -0.4 is 4.74 Å². The molecule has 2 rings (SSSR count). The van der Waals surface area contributed by atoms with Crippen LogP contribution in [0.2, 0.25) is 10.4 Å². The number of rotatable bonds is 2. The molecule has 0 aliphatic heterocycles. The van der Waals surface area contributed by atoms with Crippen LogP contribution in [0.4, 0.5) is 0 Å². The molecule has 19 heavy (non-hydrogen) atoms. The zero-order chi connectivity index (χ0) is 14.0. The fraction of sp³-hybridized carbons (Fsp3) is 0.308. The summed E-state index contributed by atoms with van der Waals surface area (Å²) in [7, 11) is 0. The summed E-state index contributed by atoms with van der Waals surface area (Å²) in [6.45, 7) is 6.44. The lowest BCUT2D eigenvalue weighted by Gasteiger charge is -2.19. The molecule has 100 valence electrons. The minimum absolute atomic E-state index is 0.00860. The van der Waals surface area contributed by atoms with E-state index in [2.05, 4.69) is 36.0 Å². The van der Waals surface area contributed by atoms with E-state index in [9.17, 15) is 0 Å². The first kappa shape index (κ1) is 14.0. The quantitative estimate of drug-likeness (QED) is 0.830. The number of ether oxygens (including phenoxy) is 1. The van der Waals surface area contributed by atoms with Gasteiger partial charge in [-0.05, 0) is 34.7 Å². The van der Waals surface area contributed by atoms with E-state index < -0.39 is 0 Å². The topological polar surface area (TPSA) is 47.9 Å². The third-order valence-corrected chi connectivity index (χ3v) is 2.92. The summed E-state index contributed by atoms with van der Waals surface area (Å²) in [5.41, 5.74) is 1.31. The van der Waals surface area contributed by atoms with Crippen LogP contribution in [0.1, 0.15) is 26.3 Å². The van der Waals surface area contributed by atoms with Crippen LogP contribution in [-0.2, 0) is 5.41 Å². The van der Waals surface area contributed by atoms with Gasteiger partial charge in [-0.25, -0.2) is 0 Å². The Bertz CT molecular complexity index is 579. The smallest absolute Gasteiger partial charge is 0.262 e. The summed E-state index contributed by atoms with van der Waals surface area (Å²) in [5, 5.41) is 7.21. The minimum Gasteiger partial charge on any atom is -0.436 e. The van der Waals surface area contributed by atoms with Crippen molar-refractivity contribution >= 4 is 23.2 Å². The molecule has 0 N–H and O–H groups in total. The van der Waals surface area contributed by atoms with Gasteiger partial charge < -0.3 is 4.74 Å². The van der Waals surface area contributed by atoms with Crippen LogP contribution in [0, 0.1) is 0 Å². The Morgan fingerprint density at radius 3 is 2.21 bits per heavy atom. The van der Waals surface area contributed by atoms with Crippen LogP contribution >= 0.6 is 23.2 Å². The molecule has 0 saturated heterocycles. The van der Waals surface area contributed by atoms with Gasteiger partial charge in [-0.3, -0.25) is 0 Å². The molecule has 0 atom stereocenters. The standard InChI is InChI=1S/C13H13Cl2N3O/c1-13(2,3)8-4-6-9(7-5-8)19-11-10(14)17-18-12(15)16-11/h4-7H,1-3H3. The highest BCUT2D eigenvalue weighted by Gasteiger charge is 2.14. The molecule has 0 spiro atoms. The summed E-state index contributed by atoms with van der Waals surface area (Å²) >= 11 is 11.5. The molecule has 0 aliphatic carbocycles. The zero-order valence-electron chi connectivity index (χ0n) is 10.8. The molecule has 1 aromatic carbocycles. The molecule has 4 nitrogen and oxygen atoms in total. The molecule has 0 aliphatic rings. The molecule has 2 aromatic rings. The minimum atomic E-state index is -0.00860. The van der Waals surface area contributed by atoms with Gasteiger partial charge in [0.25, 0.3) is 5.88 Å². The summed E-state index contributed by atoms with van der Waals surface area (Å²) in [4.78, 5) is 3.88. The van der Waals surface area contributed by atoms with Crippen molar-refractivity contribution in [1.29, 1.82) is 0 Å². The van der Waals surface area contributed by atoms with Crippen molar-refractivity contribution in [3.05, 3.63) is 40.3 Å². The summed E-state index contributed by atoms with van der Waals surface area (Å²) < 4.78 is 5.53. The molecule has 0 amide bonds. The molecule has 0 unspecified atom stereocenters. The van der Waals surface area contributed by atoms with Crippen molar-refractivity contribution in [2.75, 3.05) is 0 Å². The van der Waals surface area contributed by atoms with Crippen LogP contribution in [-0.4, -0.2) is 15.2 Å².